The third-order valence-corrected chi connectivity index (χ3v) is 2.49. The Kier molecular flexibility index (Phi) is 4.51. The minimum Gasteiger partial charge on any atom is -0.481 e. The summed E-state index contributed by atoms with van der Waals surface area (Å²) in [4.78, 5) is 23.1. The van der Waals surface area contributed by atoms with Crippen LogP contribution in [0.4, 0.5) is 0 Å². The normalized spacial score (nSPS) is 17.9. The standard InChI is InChI=1S/C9H16N2O4/c12-8(13)5-7(6-9(14)15)11-3-1-10-2-4-11/h7,10H,1-6H2,(H,12,13)(H,14,15). The lowest BCUT2D eigenvalue weighted by molar-refractivity contribution is -0.141. The van der Waals surface area contributed by atoms with E-state index in [9.17, 15) is 9.59 Å². The van der Waals surface area contributed by atoms with E-state index in [1.54, 1.807) is 0 Å². The lowest BCUT2D eigenvalue weighted by Gasteiger charge is -2.33. The molecule has 0 unspecified atom stereocenters. The smallest absolute Gasteiger partial charge is 0.304 e. The van der Waals surface area contributed by atoms with E-state index in [2.05, 4.69) is 5.32 Å². The molecule has 1 aliphatic heterocycles. The Labute approximate surface area is 87.9 Å². The minimum atomic E-state index is -0.945. The van der Waals surface area contributed by atoms with Crippen molar-refractivity contribution >= 4 is 11.9 Å². The Balaban J connectivity index is 2.52. The van der Waals surface area contributed by atoms with Crippen LogP contribution in [-0.4, -0.2) is 59.3 Å². The topological polar surface area (TPSA) is 89.9 Å². The van der Waals surface area contributed by atoms with Gasteiger partial charge in [-0.25, -0.2) is 0 Å². The van der Waals surface area contributed by atoms with Gasteiger partial charge in [0.2, 0.25) is 0 Å². The van der Waals surface area contributed by atoms with Gasteiger partial charge in [-0.05, 0) is 0 Å². The quantitative estimate of drug-likeness (QED) is 0.558. The number of carboxylic acid groups (broad SMARTS) is 2. The summed E-state index contributed by atoms with van der Waals surface area (Å²) in [5.41, 5.74) is 0. The van der Waals surface area contributed by atoms with Crippen LogP contribution in [0.5, 0.6) is 0 Å². The number of carboxylic acids is 2. The van der Waals surface area contributed by atoms with Gasteiger partial charge in [-0.1, -0.05) is 0 Å². The van der Waals surface area contributed by atoms with E-state index in [0.29, 0.717) is 13.1 Å². The van der Waals surface area contributed by atoms with Crippen LogP contribution < -0.4 is 5.32 Å². The van der Waals surface area contributed by atoms with Crippen LogP contribution in [0.2, 0.25) is 0 Å². The second-order valence-electron chi connectivity index (χ2n) is 3.64. The third-order valence-electron chi connectivity index (χ3n) is 2.49. The first-order valence-corrected chi connectivity index (χ1v) is 4.98. The van der Waals surface area contributed by atoms with Gasteiger partial charge in [0.25, 0.3) is 0 Å². The Morgan fingerprint density at radius 1 is 1.13 bits per heavy atom. The van der Waals surface area contributed by atoms with Crippen molar-refractivity contribution < 1.29 is 19.8 Å². The number of rotatable bonds is 5. The summed E-state index contributed by atoms with van der Waals surface area (Å²) >= 11 is 0. The summed E-state index contributed by atoms with van der Waals surface area (Å²) in [5.74, 6) is -1.89. The highest BCUT2D eigenvalue weighted by molar-refractivity contribution is 5.71. The number of nitrogens with one attached hydrogen (secondary N) is 1. The van der Waals surface area contributed by atoms with Crippen LogP contribution in [0.1, 0.15) is 12.8 Å². The number of hydrogen-bond acceptors (Lipinski definition) is 4. The summed E-state index contributed by atoms with van der Waals surface area (Å²) in [5, 5.41) is 20.5. The molecule has 0 aromatic heterocycles. The summed E-state index contributed by atoms with van der Waals surface area (Å²) < 4.78 is 0. The average Bonchev–Trinajstić information content (AvgIpc) is 2.17. The highest BCUT2D eigenvalue weighted by Crippen LogP contribution is 2.10. The Bertz CT molecular complexity index is 222. The molecule has 1 aliphatic rings. The molecule has 86 valence electrons. The maximum absolute atomic E-state index is 10.6. The van der Waals surface area contributed by atoms with Gasteiger partial charge in [0.1, 0.15) is 0 Å². The number of nitrogens with zero attached hydrogens (tertiary/aromatic N) is 1. The number of piperazine rings is 1. The molecule has 0 bridgehead atoms. The molecule has 3 N–H and O–H groups in total. The largest absolute Gasteiger partial charge is 0.481 e. The fraction of sp³-hybridized carbons (Fsp3) is 0.778. The van der Waals surface area contributed by atoms with Gasteiger partial charge in [-0.15, -0.1) is 0 Å². The van der Waals surface area contributed by atoms with Crippen molar-refractivity contribution in [3.8, 4) is 0 Å². The Morgan fingerprint density at radius 2 is 1.60 bits per heavy atom. The van der Waals surface area contributed by atoms with Gasteiger partial charge in [-0.2, -0.15) is 0 Å². The van der Waals surface area contributed by atoms with Gasteiger partial charge in [0.15, 0.2) is 0 Å². The van der Waals surface area contributed by atoms with Crippen LogP contribution in [0.25, 0.3) is 0 Å². The Hall–Kier alpha value is -1.14. The molecule has 0 radical (unpaired) electrons. The molecule has 1 saturated heterocycles. The van der Waals surface area contributed by atoms with Crippen LogP contribution in [-0.2, 0) is 9.59 Å². The van der Waals surface area contributed by atoms with E-state index in [-0.39, 0.29) is 18.9 Å². The molecule has 15 heavy (non-hydrogen) atoms. The van der Waals surface area contributed by atoms with Gasteiger partial charge < -0.3 is 15.5 Å². The molecular formula is C9H16N2O4. The van der Waals surface area contributed by atoms with Crippen molar-refractivity contribution in [3.63, 3.8) is 0 Å². The number of carbonyl (C=O) groups is 2. The third kappa shape index (κ3) is 4.26. The van der Waals surface area contributed by atoms with Gasteiger partial charge in [0, 0.05) is 32.2 Å². The first kappa shape index (κ1) is 11.9. The van der Waals surface area contributed by atoms with E-state index in [4.69, 9.17) is 10.2 Å². The summed E-state index contributed by atoms with van der Waals surface area (Å²) in [6.07, 6.45) is -0.210. The lowest BCUT2D eigenvalue weighted by atomic mass is 10.1. The van der Waals surface area contributed by atoms with Crippen molar-refractivity contribution in [1.82, 2.24) is 10.2 Å². The maximum Gasteiger partial charge on any atom is 0.304 e. The molecule has 6 nitrogen and oxygen atoms in total. The molecule has 6 heteroatoms. The number of aliphatic carboxylic acids is 2. The molecule has 1 rings (SSSR count). The van der Waals surface area contributed by atoms with Crippen molar-refractivity contribution in [2.24, 2.45) is 0 Å². The van der Waals surface area contributed by atoms with Crippen molar-refractivity contribution in [3.05, 3.63) is 0 Å². The molecule has 0 spiro atoms. The molecular weight excluding hydrogens is 200 g/mol. The second-order valence-corrected chi connectivity index (χ2v) is 3.64. The van der Waals surface area contributed by atoms with Gasteiger partial charge >= 0.3 is 11.9 Å². The van der Waals surface area contributed by atoms with Gasteiger partial charge in [-0.3, -0.25) is 14.5 Å². The van der Waals surface area contributed by atoms with E-state index in [1.165, 1.54) is 0 Å². The fourth-order valence-corrected chi connectivity index (χ4v) is 1.78. The highest BCUT2D eigenvalue weighted by atomic mass is 16.4. The van der Waals surface area contributed by atoms with Crippen LogP contribution in [0.3, 0.4) is 0 Å². The SMILES string of the molecule is O=C(O)CC(CC(=O)O)N1CCNCC1. The molecule has 0 atom stereocenters. The maximum atomic E-state index is 10.6. The molecule has 1 fully saturated rings. The Morgan fingerprint density at radius 3 is 2.00 bits per heavy atom. The van der Waals surface area contributed by atoms with Crippen molar-refractivity contribution in [2.75, 3.05) is 26.2 Å². The molecule has 0 aromatic carbocycles. The first-order chi connectivity index (χ1) is 7.09. The monoisotopic (exact) mass is 216 g/mol. The van der Waals surface area contributed by atoms with Crippen LogP contribution in [0.15, 0.2) is 0 Å². The summed E-state index contributed by atoms with van der Waals surface area (Å²) in [7, 11) is 0. The summed E-state index contributed by atoms with van der Waals surface area (Å²) in [6.45, 7) is 3.00. The van der Waals surface area contributed by atoms with E-state index in [0.717, 1.165) is 13.1 Å². The predicted molar refractivity (Wildman–Crippen MR) is 52.7 cm³/mol. The molecule has 0 aliphatic carbocycles. The van der Waals surface area contributed by atoms with Crippen molar-refractivity contribution in [2.45, 2.75) is 18.9 Å². The van der Waals surface area contributed by atoms with Crippen LogP contribution in [0, 0.1) is 0 Å². The average molecular weight is 216 g/mol. The lowest BCUT2D eigenvalue weighted by Crippen LogP contribution is -2.49. The minimum absolute atomic E-state index is 0.105. The summed E-state index contributed by atoms with van der Waals surface area (Å²) in [6, 6.07) is -0.387. The van der Waals surface area contributed by atoms with E-state index in [1.807, 2.05) is 4.90 Å². The molecule has 0 saturated carbocycles. The highest BCUT2D eigenvalue weighted by Gasteiger charge is 2.24. The zero-order valence-electron chi connectivity index (χ0n) is 8.48. The fourth-order valence-electron chi connectivity index (χ4n) is 1.78. The van der Waals surface area contributed by atoms with E-state index >= 15 is 0 Å². The number of hydrogen-bond donors (Lipinski definition) is 3. The van der Waals surface area contributed by atoms with E-state index < -0.39 is 11.9 Å². The second kappa shape index (κ2) is 5.67. The molecule has 0 aromatic rings. The van der Waals surface area contributed by atoms with Crippen LogP contribution >= 0.6 is 0 Å². The zero-order valence-corrected chi connectivity index (χ0v) is 8.48. The van der Waals surface area contributed by atoms with Gasteiger partial charge in [0.05, 0.1) is 12.8 Å². The molecule has 1 heterocycles. The van der Waals surface area contributed by atoms with Crippen molar-refractivity contribution in [1.29, 1.82) is 0 Å². The molecule has 0 amide bonds. The zero-order chi connectivity index (χ0) is 11.3. The first-order valence-electron chi connectivity index (χ1n) is 4.98. The predicted octanol–water partition coefficient (Wildman–Crippen LogP) is -0.790.